The van der Waals surface area contributed by atoms with Crippen LogP contribution in [0, 0.1) is 11.3 Å². The predicted molar refractivity (Wildman–Crippen MR) is 94.8 cm³/mol. The molecule has 0 radical (unpaired) electrons. The number of unbranched alkanes of at least 4 members (excludes halogenated alkanes) is 2. The van der Waals surface area contributed by atoms with Gasteiger partial charge >= 0.3 is 0 Å². The fraction of sp³-hybridized carbons (Fsp3) is 1.00. The molecule has 126 valence electrons. The third-order valence-electron chi connectivity index (χ3n) is 5.25. The van der Waals surface area contributed by atoms with Crippen LogP contribution in [0.25, 0.3) is 0 Å². The van der Waals surface area contributed by atoms with Crippen LogP contribution >= 0.6 is 0 Å². The van der Waals surface area contributed by atoms with E-state index in [0.29, 0.717) is 11.5 Å². The van der Waals surface area contributed by atoms with E-state index in [1.165, 1.54) is 64.6 Å². The maximum atomic E-state index is 3.66. The van der Waals surface area contributed by atoms with Crippen LogP contribution < -0.4 is 5.32 Å². The van der Waals surface area contributed by atoms with E-state index in [1.54, 1.807) is 0 Å². The molecule has 0 spiro atoms. The van der Waals surface area contributed by atoms with E-state index in [2.05, 4.69) is 44.8 Å². The maximum absolute atomic E-state index is 3.66. The SMILES string of the molecule is CCCCCN(CC1(CNCC)CCCC(C)C1)C(C)C. The Balaban J connectivity index is 2.66. The van der Waals surface area contributed by atoms with Crippen LogP contribution in [0.4, 0.5) is 0 Å². The van der Waals surface area contributed by atoms with Gasteiger partial charge in [0.1, 0.15) is 0 Å². The second-order valence-corrected chi connectivity index (χ2v) is 7.75. The molecule has 21 heavy (non-hydrogen) atoms. The van der Waals surface area contributed by atoms with Gasteiger partial charge in [0.15, 0.2) is 0 Å². The molecule has 0 aromatic carbocycles. The second-order valence-electron chi connectivity index (χ2n) is 7.75. The quantitative estimate of drug-likeness (QED) is 0.588. The monoisotopic (exact) mass is 296 g/mol. The Labute approximate surface area is 134 Å². The van der Waals surface area contributed by atoms with E-state index in [1.807, 2.05) is 0 Å². The lowest BCUT2D eigenvalue weighted by Crippen LogP contribution is -2.48. The molecule has 2 unspecified atom stereocenters. The molecule has 0 amide bonds. The first kappa shape index (κ1) is 19.0. The van der Waals surface area contributed by atoms with Crippen LogP contribution in [0.5, 0.6) is 0 Å². The molecule has 1 fully saturated rings. The van der Waals surface area contributed by atoms with E-state index in [-0.39, 0.29) is 0 Å². The van der Waals surface area contributed by atoms with Crippen molar-refractivity contribution < 1.29 is 0 Å². The highest BCUT2D eigenvalue weighted by molar-refractivity contribution is 4.90. The van der Waals surface area contributed by atoms with Crippen LogP contribution in [0.3, 0.4) is 0 Å². The number of rotatable bonds is 10. The molecule has 1 rings (SSSR count). The van der Waals surface area contributed by atoms with Gasteiger partial charge in [0.05, 0.1) is 0 Å². The molecule has 0 heterocycles. The Hall–Kier alpha value is -0.0800. The van der Waals surface area contributed by atoms with Crippen molar-refractivity contribution in [2.24, 2.45) is 11.3 Å². The minimum atomic E-state index is 0.518. The van der Waals surface area contributed by atoms with Crippen molar-refractivity contribution in [2.45, 2.75) is 85.6 Å². The first-order chi connectivity index (χ1) is 10.0. The van der Waals surface area contributed by atoms with E-state index >= 15 is 0 Å². The van der Waals surface area contributed by atoms with Crippen molar-refractivity contribution >= 4 is 0 Å². The topological polar surface area (TPSA) is 15.3 Å². The molecular formula is C19H40N2. The fourth-order valence-corrected chi connectivity index (χ4v) is 4.03. The van der Waals surface area contributed by atoms with Gasteiger partial charge in [-0.05, 0) is 57.5 Å². The lowest BCUT2D eigenvalue weighted by Gasteiger charge is -2.45. The van der Waals surface area contributed by atoms with Gasteiger partial charge in [0.2, 0.25) is 0 Å². The zero-order chi connectivity index (χ0) is 15.7. The molecule has 0 saturated heterocycles. The average molecular weight is 297 g/mol. The smallest absolute Gasteiger partial charge is 0.00529 e. The summed E-state index contributed by atoms with van der Waals surface area (Å²) in [4.78, 5) is 2.76. The number of nitrogens with zero attached hydrogens (tertiary/aromatic N) is 1. The van der Waals surface area contributed by atoms with Crippen LogP contribution in [0.15, 0.2) is 0 Å². The minimum Gasteiger partial charge on any atom is -0.316 e. The van der Waals surface area contributed by atoms with Crippen molar-refractivity contribution in [3.05, 3.63) is 0 Å². The van der Waals surface area contributed by atoms with Gasteiger partial charge in [0, 0.05) is 19.1 Å². The molecule has 0 bridgehead atoms. The van der Waals surface area contributed by atoms with Crippen LogP contribution in [-0.2, 0) is 0 Å². The standard InChI is InChI=1S/C19H40N2/c1-6-8-9-13-21(17(3)4)16-19(15-20-7-2)12-10-11-18(5)14-19/h17-18,20H,6-16H2,1-5H3. The molecular weight excluding hydrogens is 256 g/mol. The zero-order valence-corrected chi connectivity index (χ0v) is 15.4. The molecule has 2 nitrogen and oxygen atoms in total. The van der Waals surface area contributed by atoms with Gasteiger partial charge in [-0.2, -0.15) is 0 Å². The van der Waals surface area contributed by atoms with Crippen molar-refractivity contribution in [1.29, 1.82) is 0 Å². The lowest BCUT2D eigenvalue weighted by atomic mass is 9.69. The van der Waals surface area contributed by atoms with Gasteiger partial charge in [0.25, 0.3) is 0 Å². The first-order valence-electron chi connectivity index (χ1n) is 9.47. The van der Waals surface area contributed by atoms with E-state index < -0.39 is 0 Å². The molecule has 2 heteroatoms. The van der Waals surface area contributed by atoms with E-state index in [4.69, 9.17) is 0 Å². The molecule has 2 atom stereocenters. The Kier molecular flexibility index (Phi) is 8.89. The Morgan fingerprint density at radius 1 is 1.24 bits per heavy atom. The zero-order valence-electron chi connectivity index (χ0n) is 15.4. The van der Waals surface area contributed by atoms with Gasteiger partial charge in [-0.15, -0.1) is 0 Å². The normalized spacial score (nSPS) is 26.7. The summed E-state index contributed by atoms with van der Waals surface area (Å²) in [6.45, 7) is 16.6. The highest BCUT2D eigenvalue weighted by atomic mass is 15.2. The van der Waals surface area contributed by atoms with Gasteiger partial charge in [-0.25, -0.2) is 0 Å². The third kappa shape index (κ3) is 6.69. The van der Waals surface area contributed by atoms with Crippen molar-refractivity contribution in [1.82, 2.24) is 10.2 Å². The molecule has 1 aliphatic rings. The van der Waals surface area contributed by atoms with Crippen LogP contribution in [0.1, 0.15) is 79.6 Å². The summed E-state index contributed by atoms with van der Waals surface area (Å²) in [5, 5.41) is 3.66. The van der Waals surface area contributed by atoms with Gasteiger partial charge in [-0.1, -0.05) is 46.5 Å². The molecule has 1 saturated carbocycles. The number of hydrogen-bond donors (Lipinski definition) is 1. The van der Waals surface area contributed by atoms with Gasteiger partial charge in [-0.3, -0.25) is 0 Å². The molecule has 0 aliphatic heterocycles. The summed E-state index contributed by atoms with van der Waals surface area (Å²) in [7, 11) is 0. The summed E-state index contributed by atoms with van der Waals surface area (Å²) in [5.74, 6) is 0.905. The van der Waals surface area contributed by atoms with E-state index in [9.17, 15) is 0 Å². The maximum Gasteiger partial charge on any atom is 0.00529 e. The summed E-state index contributed by atoms with van der Waals surface area (Å²) >= 11 is 0. The largest absolute Gasteiger partial charge is 0.316 e. The highest BCUT2D eigenvalue weighted by Gasteiger charge is 2.36. The number of nitrogens with one attached hydrogen (secondary N) is 1. The Bertz CT molecular complexity index is 264. The van der Waals surface area contributed by atoms with Crippen molar-refractivity contribution in [3.63, 3.8) is 0 Å². The molecule has 0 aromatic rings. The summed E-state index contributed by atoms with van der Waals surface area (Å²) in [5.41, 5.74) is 0.518. The first-order valence-corrected chi connectivity index (χ1v) is 9.47. The molecule has 0 aromatic heterocycles. The highest BCUT2D eigenvalue weighted by Crippen LogP contribution is 2.40. The lowest BCUT2D eigenvalue weighted by molar-refractivity contribution is 0.0642. The molecule has 1 N–H and O–H groups in total. The van der Waals surface area contributed by atoms with Crippen molar-refractivity contribution in [3.8, 4) is 0 Å². The van der Waals surface area contributed by atoms with Crippen molar-refractivity contribution in [2.75, 3.05) is 26.2 Å². The second kappa shape index (κ2) is 9.84. The Morgan fingerprint density at radius 3 is 2.57 bits per heavy atom. The number of hydrogen-bond acceptors (Lipinski definition) is 2. The third-order valence-corrected chi connectivity index (χ3v) is 5.25. The summed E-state index contributed by atoms with van der Waals surface area (Å²) in [6, 6.07) is 0.678. The van der Waals surface area contributed by atoms with Crippen LogP contribution in [-0.4, -0.2) is 37.1 Å². The average Bonchev–Trinajstić information content (AvgIpc) is 2.44. The fourth-order valence-electron chi connectivity index (χ4n) is 4.03. The minimum absolute atomic E-state index is 0.518. The predicted octanol–water partition coefficient (Wildman–Crippen LogP) is 4.69. The summed E-state index contributed by atoms with van der Waals surface area (Å²) in [6.07, 6.45) is 9.75. The molecule has 1 aliphatic carbocycles. The van der Waals surface area contributed by atoms with E-state index in [0.717, 1.165) is 12.5 Å². The van der Waals surface area contributed by atoms with Gasteiger partial charge < -0.3 is 10.2 Å². The Morgan fingerprint density at radius 2 is 2.00 bits per heavy atom. The summed E-state index contributed by atoms with van der Waals surface area (Å²) < 4.78 is 0. The van der Waals surface area contributed by atoms with Crippen LogP contribution in [0.2, 0.25) is 0 Å².